The second-order valence-electron chi connectivity index (χ2n) is 6.78. The summed E-state index contributed by atoms with van der Waals surface area (Å²) in [6.45, 7) is 4.47. The van der Waals surface area contributed by atoms with Crippen molar-refractivity contribution in [1.29, 1.82) is 0 Å². The maximum Gasteiger partial charge on any atom is 0.236 e. The van der Waals surface area contributed by atoms with E-state index >= 15 is 0 Å². The summed E-state index contributed by atoms with van der Waals surface area (Å²) in [4.78, 5) is 24.8. The highest BCUT2D eigenvalue weighted by Gasteiger charge is 2.26. The number of nitrogens with one attached hydrogen (secondary N) is 1. The van der Waals surface area contributed by atoms with Crippen LogP contribution in [-0.4, -0.2) is 58.4 Å². The number of para-hydroxylation sites is 2. The molecule has 0 spiro atoms. The SMILES string of the molecule is O=C(CN1CCC(c2nc3ccccc3[nH]2)CC1)N1CCCC1. The van der Waals surface area contributed by atoms with Crippen LogP contribution in [0.15, 0.2) is 24.3 Å². The minimum atomic E-state index is 0.310. The van der Waals surface area contributed by atoms with Gasteiger partial charge in [-0.05, 0) is 50.9 Å². The van der Waals surface area contributed by atoms with Crippen LogP contribution in [0.3, 0.4) is 0 Å². The van der Waals surface area contributed by atoms with Crippen molar-refractivity contribution in [2.75, 3.05) is 32.7 Å². The van der Waals surface area contributed by atoms with Gasteiger partial charge in [-0.1, -0.05) is 12.1 Å². The Morgan fingerprint density at radius 1 is 1.13 bits per heavy atom. The number of aromatic amines is 1. The van der Waals surface area contributed by atoms with Crippen LogP contribution in [0.5, 0.6) is 0 Å². The number of amides is 1. The van der Waals surface area contributed by atoms with Gasteiger partial charge >= 0.3 is 0 Å². The summed E-state index contributed by atoms with van der Waals surface area (Å²) in [5, 5.41) is 0. The molecule has 4 rings (SSSR count). The first kappa shape index (κ1) is 14.7. The Kier molecular flexibility index (Phi) is 4.04. The lowest BCUT2D eigenvalue weighted by Gasteiger charge is -2.31. The first-order chi connectivity index (χ1) is 11.3. The third kappa shape index (κ3) is 3.11. The third-order valence-electron chi connectivity index (χ3n) is 5.20. The van der Waals surface area contributed by atoms with Gasteiger partial charge in [-0.3, -0.25) is 9.69 Å². The molecule has 2 aromatic rings. The van der Waals surface area contributed by atoms with Crippen LogP contribution in [-0.2, 0) is 4.79 Å². The fourth-order valence-corrected chi connectivity index (χ4v) is 3.79. The largest absolute Gasteiger partial charge is 0.342 e. The molecule has 2 aliphatic heterocycles. The van der Waals surface area contributed by atoms with Gasteiger partial charge in [0.2, 0.25) is 5.91 Å². The van der Waals surface area contributed by atoms with E-state index < -0.39 is 0 Å². The number of benzene rings is 1. The van der Waals surface area contributed by atoms with E-state index in [1.807, 2.05) is 17.0 Å². The lowest BCUT2D eigenvalue weighted by molar-refractivity contribution is -0.131. The summed E-state index contributed by atoms with van der Waals surface area (Å²) >= 11 is 0. The average Bonchev–Trinajstić information content (AvgIpc) is 3.25. The molecular formula is C18H24N4O. The Balaban J connectivity index is 1.34. The van der Waals surface area contributed by atoms with Gasteiger partial charge in [0.05, 0.1) is 17.6 Å². The van der Waals surface area contributed by atoms with E-state index in [1.54, 1.807) is 0 Å². The number of fused-ring (bicyclic) bond motifs is 1. The lowest BCUT2D eigenvalue weighted by Crippen LogP contribution is -2.42. The molecule has 2 fully saturated rings. The fourth-order valence-electron chi connectivity index (χ4n) is 3.79. The maximum absolute atomic E-state index is 12.2. The van der Waals surface area contributed by atoms with Crippen LogP contribution < -0.4 is 0 Å². The molecule has 5 nitrogen and oxygen atoms in total. The second-order valence-corrected chi connectivity index (χ2v) is 6.78. The molecule has 122 valence electrons. The monoisotopic (exact) mass is 312 g/mol. The van der Waals surface area contributed by atoms with E-state index in [0.29, 0.717) is 18.4 Å². The Morgan fingerprint density at radius 2 is 1.87 bits per heavy atom. The Bertz CT molecular complexity index is 648. The molecule has 2 saturated heterocycles. The maximum atomic E-state index is 12.2. The van der Waals surface area contributed by atoms with Crippen LogP contribution in [0.1, 0.15) is 37.4 Å². The van der Waals surface area contributed by atoms with Crippen molar-refractivity contribution in [1.82, 2.24) is 19.8 Å². The fraction of sp³-hybridized carbons (Fsp3) is 0.556. The van der Waals surface area contributed by atoms with Crippen LogP contribution in [0, 0.1) is 0 Å². The van der Waals surface area contributed by atoms with Gasteiger partial charge in [0.1, 0.15) is 5.82 Å². The van der Waals surface area contributed by atoms with Crippen molar-refractivity contribution in [2.45, 2.75) is 31.6 Å². The molecule has 1 amide bonds. The van der Waals surface area contributed by atoms with Gasteiger partial charge in [0.25, 0.3) is 0 Å². The minimum absolute atomic E-state index is 0.310. The highest BCUT2D eigenvalue weighted by atomic mass is 16.2. The number of nitrogens with zero attached hydrogens (tertiary/aromatic N) is 3. The molecule has 3 heterocycles. The Labute approximate surface area is 136 Å². The molecule has 0 saturated carbocycles. The quantitative estimate of drug-likeness (QED) is 0.946. The molecule has 0 unspecified atom stereocenters. The predicted molar refractivity (Wildman–Crippen MR) is 90.3 cm³/mol. The van der Waals surface area contributed by atoms with Crippen molar-refractivity contribution in [3.8, 4) is 0 Å². The van der Waals surface area contributed by atoms with E-state index in [2.05, 4.69) is 22.0 Å². The molecule has 23 heavy (non-hydrogen) atoms. The molecular weight excluding hydrogens is 288 g/mol. The van der Waals surface area contributed by atoms with Crippen molar-refractivity contribution in [3.05, 3.63) is 30.1 Å². The third-order valence-corrected chi connectivity index (χ3v) is 5.20. The van der Waals surface area contributed by atoms with Crippen LogP contribution in [0.25, 0.3) is 11.0 Å². The molecule has 1 aromatic heterocycles. The number of carbonyl (C=O) groups is 1. The summed E-state index contributed by atoms with van der Waals surface area (Å²) in [5.74, 6) is 1.90. The zero-order chi connectivity index (χ0) is 15.6. The van der Waals surface area contributed by atoms with E-state index in [-0.39, 0.29) is 0 Å². The summed E-state index contributed by atoms with van der Waals surface area (Å²) < 4.78 is 0. The molecule has 0 bridgehead atoms. The molecule has 0 aliphatic carbocycles. The molecule has 2 aliphatic rings. The number of H-pyrrole nitrogens is 1. The Morgan fingerprint density at radius 3 is 2.61 bits per heavy atom. The van der Waals surface area contributed by atoms with Crippen LogP contribution in [0.4, 0.5) is 0 Å². The van der Waals surface area contributed by atoms with E-state index in [1.165, 1.54) is 12.8 Å². The number of imidazole rings is 1. The zero-order valence-electron chi connectivity index (χ0n) is 13.5. The Hall–Kier alpha value is -1.88. The van der Waals surface area contributed by atoms with Crippen molar-refractivity contribution >= 4 is 16.9 Å². The zero-order valence-corrected chi connectivity index (χ0v) is 13.5. The first-order valence-electron chi connectivity index (χ1n) is 8.74. The summed E-state index contributed by atoms with van der Waals surface area (Å²) in [6.07, 6.45) is 4.49. The molecule has 1 aromatic carbocycles. The number of hydrogen-bond acceptors (Lipinski definition) is 3. The van der Waals surface area contributed by atoms with Gasteiger partial charge in [0.15, 0.2) is 0 Å². The molecule has 0 radical (unpaired) electrons. The average molecular weight is 312 g/mol. The van der Waals surface area contributed by atoms with Crippen LogP contribution in [0.2, 0.25) is 0 Å². The standard InChI is InChI=1S/C18H24N4O/c23-17(22-9-3-4-10-22)13-21-11-7-14(8-12-21)18-19-15-5-1-2-6-16(15)20-18/h1-2,5-6,14H,3-4,7-13H2,(H,19,20). The van der Waals surface area contributed by atoms with Gasteiger partial charge in [-0.2, -0.15) is 0 Å². The number of aromatic nitrogens is 2. The smallest absolute Gasteiger partial charge is 0.236 e. The normalized spacial score (nSPS) is 20.4. The van der Waals surface area contributed by atoms with E-state index in [9.17, 15) is 4.79 Å². The topological polar surface area (TPSA) is 52.2 Å². The molecule has 5 heteroatoms. The molecule has 1 N–H and O–H groups in total. The highest BCUT2D eigenvalue weighted by Crippen LogP contribution is 2.27. The van der Waals surface area contributed by atoms with Gasteiger partial charge in [-0.25, -0.2) is 4.98 Å². The van der Waals surface area contributed by atoms with Crippen molar-refractivity contribution in [2.24, 2.45) is 0 Å². The van der Waals surface area contributed by atoms with Gasteiger partial charge in [0, 0.05) is 19.0 Å². The van der Waals surface area contributed by atoms with Crippen molar-refractivity contribution < 1.29 is 4.79 Å². The van der Waals surface area contributed by atoms with Crippen molar-refractivity contribution in [3.63, 3.8) is 0 Å². The van der Waals surface area contributed by atoms with E-state index in [0.717, 1.165) is 55.9 Å². The number of hydrogen-bond donors (Lipinski definition) is 1. The van der Waals surface area contributed by atoms with Gasteiger partial charge < -0.3 is 9.88 Å². The minimum Gasteiger partial charge on any atom is -0.342 e. The number of piperidine rings is 1. The summed E-state index contributed by atoms with van der Waals surface area (Å²) in [6, 6.07) is 8.20. The number of carbonyl (C=O) groups excluding carboxylic acids is 1. The molecule has 0 atom stereocenters. The number of rotatable bonds is 3. The second kappa shape index (κ2) is 6.32. The first-order valence-corrected chi connectivity index (χ1v) is 8.74. The van der Waals surface area contributed by atoms with Gasteiger partial charge in [-0.15, -0.1) is 0 Å². The highest BCUT2D eigenvalue weighted by molar-refractivity contribution is 5.78. The summed E-state index contributed by atoms with van der Waals surface area (Å²) in [7, 11) is 0. The summed E-state index contributed by atoms with van der Waals surface area (Å²) in [5.41, 5.74) is 2.17. The predicted octanol–water partition coefficient (Wildman–Crippen LogP) is 2.36. The lowest BCUT2D eigenvalue weighted by atomic mass is 9.96. The van der Waals surface area contributed by atoms with E-state index in [4.69, 9.17) is 4.98 Å². The van der Waals surface area contributed by atoms with Crippen LogP contribution >= 0.6 is 0 Å². The number of likely N-dealkylation sites (tertiary alicyclic amines) is 2.